The lowest BCUT2D eigenvalue weighted by atomic mass is 10.1. The van der Waals surface area contributed by atoms with Crippen molar-refractivity contribution >= 4 is 11.9 Å². The van der Waals surface area contributed by atoms with Gasteiger partial charge in [-0.1, -0.05) is 19.1 Å². The molecule has 0 radical (unpaired) electrons. The van der Waals surface area contributed by atoms with Gasteiger partial charge in [0.15, 0.2) is 11.5 Å². The van der Waals surface area contributed by atoms with Crippen molar-refractivity contribution in [3.63, 3.8) is 0 Å². The van der Waals surface area contributed by atoms with Crippen LogP contribution >= 0.6 is 0 Å². The topological polar surface area (TPSA) is 119 Å². The first-order valence-corrected chi connectivity index (χ1v) is 6.29. The Morgan fingerprint density at radius 2 is 2.00 bits per heavy atom. The van der Waals surface area contributed by atoms with E-state index in [1.165, 1.54) is 18.2 Å². The third-order valence-corrected chi connectivity index (χ3v) is 2.49. The van der Waals surface area contributed by atoms with Crippen LogP contribution in [0.3, 0.4) is 0 Å². The first kappa shape index (κ1) is 16.5. The van der Waals surface area contributed by atoms with Gasteiger partial charge in [-0.05, 0) is 30.5 Å². The fraction of sp³-hybridized carbons (Fsp3) is 0.286. The summed E-state index contributed by atoms with van der Waals surface area (Å²) in [6.07, 6.45) is 3.38. The van der Waals surface area contributed by atoms with E-state index in [-0.39, 0.29) is 17.9 Å². The number of hydrogen-bond donors (Lipinski definition) is 3. The number of benzene rings is 1. The molecule has 0 aliphatic heterocycles. The lowest BCUT2D eigenvalue weighted by molar-refractivity contribution is -0.255. The zero-order valence-corrected chi connectivity index (χ0v) is 11.5. The molecule has 21 heavy (non-hydrogen) atoms. The molecular weight excluding hydrogens is 278 g/mol. The number of phenolic OH excluding ortho intramolecular Hbond substituents is 2. The van der Waals surface area contributed by atoms with Crippen molar-refractivity contribution in [2.45, 2.75) is 25.8 Å². The normalized spacial score (nSPS) is 12.1. The standard InChI is InChI=1S/C14H17NO6/c1-2-3-4-13(18)20-21-14(19)10(15)7-9-5-6-11(16)12(17)8-9/h3-6,8,10,16-17H,2,7,15H2,1H3/b4-3+. The van der Waals surface area contributed by atoms with Crippen LogP contribution in [0, 0.1) is 0 Å². The van der Waals surface area contributed by atoms with Gasteiger partial charge < -0.3 is 15.9 Å². The second-order valence-corrected chi connectivity index (χ2v) is 4.25. The van der Waals surface area contributed by atoms with Crippen LogP contribution in [0.4, 0.5) is 0 Å². The Kier molecular flexibility index (Phi) is 6.22. The fourth-order valence-corrected chi connectivity index (χ4v) is 1.42. The Balaban J connectivity index is 2.49. The maximum Gasteiger partial charge on any atom is 0.378 e. The molecule has 7 nitrogen and oxygen atoms in total. The molecule has 0 bridgehead atoms. The van der Waals surface area contributed by atoms with Gasteiger partial charge in [0.25, 0.3) is 0 Å². The maximum atomic E-state index is 11.5. The van der Waals surface area contributed by atoms with Crippen LogP contribution in [0.25, 0.3) is 0 Å². The minimum absolute atomic E-state index is 0.0506. The highest BCUT2D eigenvalue weighted by Gasteiger charge is 2.19. The second-order valence-electron chi connectivity index (χ2n) is 4.25. The number of phenols is 2. The van der Waals surface area contributed by atoms with Crippen LogP contribution in [-0.2, 0) is 25.8 Å². The van der Waals surface area contributed by atoms with Gasteiger partial charge in [-0.2, -0.15) is 0 Å². The average molecular weight is 295 g/mol. The highest BCUT2D eigenvalue weighted by Crippen LogP contribution is 2.25. The molecule has 4 N–H and O–H groups in total. The Hall–Kier alpha value is -2.54. The number of aromatic hydroxyl groups is 2. The summed E-state index contributed by atoms with van der Waals surface area (Å²) in [6.45, 7) is 1.83. The van der Waals surface area contributed by atoms with Crippen molar-refractivity contribution in [2.24, 2.45) is 5.73 Å². The lowest BCUT2D eigenvalue weighted by Gasteiger charge is -2.10. The quantitative estimate of drug-likeness (QED) is 0.320. The average Bonchev–Trinajstić information content (AvgIpc) is 2.46. The summed E-state index contributed by atoms with van der Waals surface area (Å²) in [5.41, 5.74) is 6.12. The highest BCUT2D eigenvalue weighted by molar-refractivity contribution is 5.83. The summed E-state index contributed by atoms with van der Waals surface area (Å²) in [6, 6.07) is 2.98. The summed E-state index contributed by atoms with van der Waals surface area (Å²) in [4.78, 5) is 31.2. The van der Waals surface area contributed by atoms with E-state index < -0.39 is 18.0 Å². The molecular formula is C14H17NO6. The Morgan fingerprint density at radius 1 is 1.29 bits per heavy atom. The van der Waals surface area contributed by atoms with Crippen molar-refractivity contribution in [1.29, 1.82) is 0 Å². The SMILES string of the molecule is CC/C=C/C(=O)OOC(=O)C(N)Cc1ccc(O)c(O)c1. The molecule has 0 aliphatic carbocycles. The van der Waals surface area contributed by atoms with E-state index in [0.717, 1.165) is 6.08 Å². The van der Waals surface area contributed by atoms with Gasteiger partial charge in [0, 0.05) is 6.08 Å². The second kappa shape index (κ2) is 7.91. The third-order valence-electron chi connectivity index (χ3n) is 2.49. The molecule has 0 aromatic heterocycles. The summed E-state index contributed by atoms with van der Waals surface area (Å²) >= 11 is 0. The van der Waals surface area contributed by atoms with Gasteiger partial charge in [0.1, 0.15) is 6.04 Å². The first-order valence-electron chi connectivity index (χ1n) is 6.29. The molecule has 0 amide bonds. The molecule has 1 rings (SSSR count). The van der Waals surface area contributed by atoms with Gasteiger partial charge >= 0.3 is 11.9 Å². The van der Waals surface area contributed by atoms with E-state index in [1.54, 1.807) is 6.08 Å². The van der Waals surface area contributed by atoms with E-state index in [4.69, 9.17) is 10.8 Å². The monoisotopic (exact) mass is 295 g/mol. The van der Waals surface area contributed by atoms with Crippen molar-refractivity contribution in [1.82, 2.24) is 0 Å². The van der Waals surface area contributed by atoms with Crippen molar-refractivity contribution in [2.75, 3.05) is 0 Å². The van der Waals surface area contributed by atoms with Gasteiger partial charge in [-0.3, -0.25) is 0 Å². The van der Waals surface area contributed by atoms with E-state index >= 15 is 0 Å². The van der Waals surface area contributed by atoms with E-state index in [1.807, 2.05) is 6.92 Å². The minimum Gasteiger partial charge on any atom is -0.504 e. The van der Waals surface area contributed by atoms with Crippen molar-refractivity contribution in [3.05, 3.63) is 35.9 Å². The molecule has 0 spiro atoms. The predicted octanol–water partition coefficient (Wildman–Crippen LogP) is 0.935. The number of rotatable bonds is 5. The molecule has 1 unspecified atom stereocenters. The minimum atomic E-state index is -1.07. The van der Waals surface area contributed by atoms with Crippen LogP contribution in [0.2, 0.25) is 0 Å². The van der Waals surface area contributed by atoms with Crippen molar-refractivity contribution < 1.29 is 29.6 Å². The molecule has 0 aliphatic rings. The van der Waals surface area contributed by atoms with E-state index in [0.29, 0.717) is 12.0 Å². The number of nitrogens with two attached hydrogens (primary N) is 1. The fourth-order valence-electron chi connectivity index (χ4n) is 1.42. The van der Waals surface area contributed by atoms with Gasteiger partial charge in [0.05, 0.1) is 0 Å². The van der Waals surface area contributed by atoms with Crippen LogP contribution in [0.1, 0.15) is 18.9 Å². The smallest absolute Gasteiger partial charge is 0.378 e. The molecule has 7 heteroatoms. The number of allylic oxidation sites excluding steroid dienone is 1. The summed E-state index contributed by atoms with van der Waals surface area (Å²) < 4.78 is 0. The highest BCUT2D eigenvalue weighted by atomic mass is 17.2. The summed E-state index contributed by atoms with van der Waals surface area (Å²) in [5.74, 6) is -2.31. The zero-order chi connectivity index (χ0) is 15.8. The Bertz CT molecular complexity index is 540. The largest absolute Gasteiger partial charge is 0.504 e. The predicted molar refractivity (Wildman–Crippen MR) is 73.1 cm³/mol. The van der Waals surface area contributed by atoms with Gasteiger partial charge in [0.2, 0.25) is 0 Å². The molecule has 0 fully saturated rings. The number of carbonyl (C=O) groups excluding carboxylic acids is 2. The molecule has 1 atom stereocenters. The van der Waals surface area contributed by atoms with Gasteiger partial charge in [-0.25, -0.2) is 19.4 Å². The lowest BCUT2D eigenvalue weighted by Crippen LogP contribution is -2.34. The van der Waals surface area contributed by atoms with E-state index in [9.17, 15) is 14.7 Å². The maximum absolute atomic E-state index is 11.5. The molecule has 0 heterocycles. The number of hydrogen-bond acceptors (Lipinski definition) is 7. The molecule has 1 aromatic rings. The van der Waals surface area contributed by atoms with Crippen LogP contribution in [-0.4, -0.2) is 28.2 Å². The summed E-state index contributed by atoms with van der Waals surface area (Å²) in [7, 11) is 0. The third kappa shape index (κ3) is 5.53. The number of carbonyl (C=O) groups is 2. The van der Waals surface area contributed by atoms with Gasteiger partial charge in [-0.15, -0.1) is 0 Å². The van der Waals surface area contributed by atoms with E-state index in [2.05, 4.69) is 9.78 Å². The Morgan fingerprint density at radius 3 is 2.62 bits per heavy atom. The Labute approximate surface area is 121 Å². The van der Waals surface area contributed by atoms with Crippen LogP contribution in [0.15, 0.2) is 30.4 Å². The van der Waals surface area contributed by atoms with Crippen LogP contribution in [0.5, 0.6) is 11.5 Å². The first-order chi connectivity index (χ1) is 9.93. The molecule has 1 aromatic carbocycles. The zero-order valence-electron chi connectivity index (χ0n) is 11.5. The molecule has 0 saturated carbocycles. The molecule has 114 valence electrons. The van der Waals surface area contributed by atoms with Crippen molar-refractivity contribution in [3.8, 4) is 11.5 Å². The van der Waals surface area contributed by atoms with Crippen LogP contribution < -0.4 is 5.73 Å². The molecule has 0 saturated heterocycles. The summed E-state index contributed by atoms with van der Waals surface area (Å²) in [5, 5.41) is 18.5.